The maximum Gasteiger partial charge on any atom is 0.272 e. The number of benzene rings is 2. The number of para-hydroxylation sites is 1. The van der Waals surface area contributed by atoms with Crippen molar-refractivity contribution in [2.24, 2.45) is 0 Å². The zero-order valence-corrected chi connectivity index (χ0v) is 19.8. The lowest BCUT2D eigenvalue weighted by atomic mass is 10.1. The predicted octanol–water partition coefficient (Wildman–Crippen LogP) is 6.30. The molecule has 0 saturated carbocycles. The number of anilines is 1. The van der Waals surface area contributed by atoms with Crippen LogP contribution in [-0.2, 0) is 17.8 Å². The van der Waals surface area contributed by atoms with Crippen LogP contribution in [0, 0.1) is 0 Å². The van der Waals surface area contributed by atoms with E-state index < -0.39 is 5.60 Å². The molecule has 0 aliphatic rings. The lowest BCUT2D eigenvalue weighted by Crippen LogP contribution is -2.49. The quantitative estimate of drug-likeness (QED) is 0.321. The molecule has 7 heteroatoms. The molecule has 0 saturated heterocycles. The van der Waals surface area contributed by atoms with Crippen LogP contribution < -0.4 is 9.64 Å². The molecule has 0 radical (unpaired) electrons. The van der Waals surface area contributed by atoms with Gasteiger partial charge in [-0.15, -0.1) is 0 Å². The second-order valence-corrected chi connectivity index (χ2v) is 9.34. The number of halogens is 1. The van der Waals surface area contributed by atoms with Crippen molar-refractivity contribution in [2.75, 3.05) is 4.90 Å². The highest BCUT2D eigenvalue weighted by molar-refractivity contribution is 7.22. The van der Waals surface area contributed by atoms with E-state index in [9.17, 15) is 4.79 Å². The fourth-order valence-corrected chi connectivity index (χ4v) is 4.58. The van der Waals surface area contributed by atoms with Gasteiger partial charge in [0.1, 0.15) is 5.75 Å². The van der Waals surface area contributed by atoms with Gasteiger partial charge in [-0.1, -0.05) is 48.1 Å². The minimum absolute atomic E-state index is 0.199. The summed E-state index contributed by atoms with van der Waals surface area (Å²) >= 11 is 7.49. The van der Waals surface area contributed by atoms with Gasteiger partial charge in [0.05, 0.1) is 22.5 Å². The van der Waals surface area contributed by atoms with Crippen molar-refractivity contribution in [3.8, 4) is 5.75 Å². The normalized spacial score (nSPS) is 11.5. The van der Waals surface area contributed by atoms with Crippen molar-refractivity contribution in [2.45, 2.75) is 39.3 Å². The molecule has 0 atom stereocenters. The number of nitrogens with zero attached hydrogens (tertiary/aromatic N) is 3. The molecule has 2 aromatic heterocycles. The topological polar surface area (TPSA) is 55.3 Å². The summed E-state index contributed by atoms with van der Waals surface area (Å²) in [4.78, 5) is 24.7. The van der Waals surface area contributed by atoms with Crippen LogP contribution in [0.3, 0.4) is 0 Å². The van der Waals surface area contributed by atoms with E-state index >= 15 is 0 Å². The van der Waals surface area contributed by atoms with Crippen LogP contribution in [-0.4, -0.2) is 21.5 Å². The summed E-state index contributed by atoms with van der Waals surface area (Å²) in [7, 11) is 0. The van der Waals surface area contributed by atoms with Gasteiger partial charge in [-0.3, -0.25) is 14.7 Å². The van der Waals surface area contributed by atoms with Crippen molar-refractivity contribution in [1.29, 1.82) is 0 Å². The Morgan fingerprint density at radius 2 is 1.88 bits per heavy atom. The van der Waals surface area contributed by atoms with E-state index in [0.29, 0.717) is 22.4 Å². The molecule has 5 nitrogen and oxygen atoms in total. The van der Waals surface area contributed by atoms with E-state index in [0.717, 1.165) is 27.9 Å². The molecule has 2 aromatic carbocycles. The van der Waals surface area contributed by atoms with Crippen LogP contribution in [0.1, 0.15) is 32.0 Å². The van der Waals surface area contributed by atoms with E-state index in [1.54, 1.807) is 49.2 Å². The average Bonchev–Trinajstić information content (AvgIpc) is 3.23. The Morgan fingerprint density at radius 1 is 1.09 bits per heavy atom. The first kappa shape index (κ1) is 22.2. The lowest BCUT2D eigenvalue weighted by molar-refractivity contribution is -0.131. The van der Waals surface area contributed by atoms with Gasteiger partial charge in [0.2, 0.25) is 0 Å². The molecule has 0 aliphatic heterocycles. The number of amides is 1. The molecule has 0 bridgehead atoms. The van der Waals surface area contributed by atoms with Gasteiger partial charge in [-0.2, -0.15) is 0 Å². The Balaban J connectivity index is 1.71. The van der Waals surface area contributed by atoms with Crippen LogP contribution in [0.4, 0.5) is 5.13 Å². The highest BCUT2D eigenvalue weighted by atomic mass is 35.5. The Labute approximate surface area is 196 Å². The zero-order valence-electron chi connectivity index (χ0n) is 18.2. The predicted molar refractivity (Wildman–Crippen MR) is 131 cm³/mol. The lowest BCUT2D eigenvalue weighted by Gasteiger charge is -2.31. The molecular weight excluding hydrogens is 442 g/mol. The van der Waals surface area contributed by atoms with E-state index in [1.165, 1.54) is 11.3 Å². The number of fused-ring (bicyclic) bond motifs is 1. The molecule has 32 heavy (non-hydrogen) atoms. The summed E-state index contributed by atoms with van der Waals surface area (Å²) in [5.74, 6) is 0.373. The third-order valence-electron chi connectivity index (χ3n) is 5.10. The Hall–Kier alpha value is -2.96. The summed E-state index contributed by atoms with van der Waals surface area (Å²) in [5, 5.41) is 1.24. The maximum absolute atomic E-state index is 13.8. The van der Waals surface area contributed by atoms with Crippen molar-refractivity contribution in [3.63, 3.8) is 0 Å². The fraction of sp³-hybridized carbons (Fsp3) is 0.240. The van der Waals surface area contributed by atoms with Gasteiger partial charge in [0.15, 0.2) is 10.7 Å². The van der Waals surface area contributed by atoms with Crippen molar-refractivity contribution in [3.05, 3.63) is 83.1 Å². The summed E-state index contributed by atoms with van der Waals surface area (Å²) in [6, 6.07) is 18.8. The van der Waals surface area contributed by atoms with Crippen LogP contribution in [0.15, 0.2) is 66.9 Å². The van der Waals surface area contributed by atoms with Crippen molar-refractivity contribution in [1.82, 2.24) is 9.97 Å². The third kappa shape index (κ3) is 4.76. The molecule has 0 N–H and O–H groups in total. The smallest absolute Gasteiger partial charge is 0.272 e. The van der Waals surface area contributed by atoms with Crippen LogP contribution in [0.25, 0.3) is 10.2 Å². The molecule has 1 amide bonds. The number of pyridine rings is 1. The molecule has 0 spiro atoms. The molecule has 4 rings (SSSR count). The SMILES string of the molecule is CCc1cccc2sc(N(Cc3ccccn3)C(=O)C(C)(C)Oc3ccc(Cl)cc3)nc12. The minimum Gasteiger partial charge on any atom is -0.478 e. The van der Waals surface area contributed by atoms with Crippen LogP contribution in [0.2, 0.25) is 5.02 Å². The number of carbonyl (C=O) groups excluding carboxylic acids is 1. The molecule has 2 heterocycles. The second kappa shape index (κ2) is 9.27. The molecular formula is C25H24ClN3O2S. The van der Waals surface area contributed by atoms with Gasteiger partial charge in [-0.25, -0.2) is 4.98 Å². The highest BCUT2D eigenvalue weighted by Crippen LogP contribution is 2.34. The number of aryl methyl sites for hydroxylation is 1. The van der Waals surface area contributed by atoms with Gasteiger partial charge in [0.25, 0.3) is 5.91 Å². The number of carbonyl (C=O) groups is 1. The standard InChI is InChI=1S/C25H24ClN3O2S/c1-4-17-8-7-10-21-22(17)28-24(32-21)29(16-19-9-5-6-15-27-19)23(30)25(2,3)31-20-13-11-18(26)12-14-20/h5-15H,4,16H2,1-3H3. The fourth-order valence-electron chi connectivity index (χ4n) is 3.44. The average molecular weight is 466 g/mol. The summed E-state index contributed by atoms with van der Waals surface area (Å²) in [6.45, 7) is 5.93. The summed E-state index contributed by atoms with van der Waals surface area (Å²) in [5.41, 5.74) is 1.74. The Kier molecular flexibility index (Phi) is 6.44. The molecule has 4 aromatic rings. The first-order valence-electron chi connectivity index (χ1n) is 10.4. The van der Waals surface area contributed by atoms with E-state index in [2.05, 4.69) is 18.0 Å². The number of hydrogen-bond donors (Lipinski definition) is 0. The highest BCUT2D eigenvalue weighted by Gasteiger charge is 2.36. The monoisotopic (exact) mass is 465 g/mol. The second-order valence-electron chi connectivity index (χ2n) is 7.89. The summed E-state index contributed by atoms with van der Waals surface area (Å²) < 4.78 is 7.13. The molecule has 0 fully saturated rings. The van der Waals surface area contributed by atoms with E-state index in [4.69, 9.17) is 21.3 Å². The number of rotatable bonds is 7. The maximum atomic E-state index is 13.8. The zero-order chi connectivity index (χ0) is 22.7. The van der Waals surface area contributed by atoms with Crippen LogP contribution in [0.5, 0.6) is 5.75 Å². The number of aromatic nitrogens is 2. The van der Waals surface area contributed by atoms with E-state index in [-0.39, 0.29) is 5.91 Å². The van der Waals surface area contributed by atoms with Gasteiger partial charge < -0.3 is 4.74 Å². The Morgan fingerprint density at radius 3 is 2.56 bits per heavy atom. The largest absolute Gasteiger partial charge is 0.478 e. The number of thiazole rings is 1. The van der Waals surface area contributed by atoms with Crippen molar-refractivity contribution >= 4 is 44.2 Å². The first-order chi connectivity index (χ1) is 15.4. The molecule has 164 valence electrons. The summed E-state index contributed by atoms with van der Waals surface area (Å²) in [6.07, 6.45) is 2.60. The van der Waals surface area contributed by atoms with E-state index in [1.807, 2.05) is 30.3 Å². The van der Waals surface area contributed by atoms with Crippen molar-refractivity contribution < 1.29 is 9.53 Å². The minimum atomic E-state index is -1.13. The van der Waals surface area contributed by atoms with Gasteiger partial charge in [-0.05, 0) is 68.3 Å². The first-order valence-corrected chi connectivity index (χ1v) is 11.6. The molecule has 0 unspecified atom stereocenters. The Bertz CT molecular complexity index is 1220. The van der Waals surface area contributed by atoms with Crippen LogP contribution >= 0.6 is 22.9 Å². The molecule has 0 aliphatic carbocycles. The van der Waals surface area contributed by atoms with Gasteiger partial charge >= 0.3 is 0 Å². The number of hydrogen-bond acceptors (Lipinski definition) is 5. The number of ether oxygens (including phenoxy) is 1. The van der Waals surface area contributed by atoms with Gasteiger partial charge in [0, 0.05) is 11.2 Å². The third-order valence-corrected chi connectivity index (χ3v) is 6.39.